The van der Waals surface area contributed by atoms with Gasteiger partial charge >= 0.3 is 5.97 Å². The molecule has 0 spiro atoms. The van der Waals surface area contributed by atoms with Gasteiger partial charge in [0.05, 0.1) is 0 Å². The molecule has 2 rings (SSSR count). The smallest absolute Gasteiger partial charge is 0.333 e. The van der Waals surface area contributed by atoms with E-state index in [0.29, 0.717) is 12.2 Å². The third-order valence-corrected chi connectivity index (χ3v) is 2.74. The van der Waals surface area contributed by atoms with Crippen LogP contribution in [0.2, 0.25) is 0 Å². The van der Waals surface area contributed by atoms with Crippen LogP contribution in [-0.2, 0) is 9.53 Å². The van der Waals surface area contributed by atoms with Crippen LogP contribution in [0.5, 0.6) is 5.75 Å². The predicted molar refractivity (Wildman–Crippen MR) is 74.9 cm³/mol. The fourth-order valence-electron chi connectivity index (χ4n) is 1.76. The molecule has 0 bridgehead atoms. The Hall–Kier alpha value is -2.29. The van der Waals surface area contributed by atoms with Crippen LogP contribution in [0, 0.1) is 0 Å². The molecule has 0 aliphatic rings. The lowest BCUT2D eigenvalue weighted by molar-refractivity contribution is -0.157. The van der Waals surface area contributed by atoms with Crippen molar-refractivity contribution in [2.75, 3.05) is 0 Å². The van der Waals surface area contributed by atoms with Gasteiger partial charge in [-0.2, -0.15) is 0 Å². The fourth-order valence-corrected chi connectivity index (χ4v) is 1.76. The molecular weight excluding hydrogens is 240 g/mol. The maximum atomic E-state index is 11.2. The van der Waals surface area contributed by atoms with E-state index in [0.717, 1.165) is 16.8 Å². The summed E-state index contributed by atoms with van der Waals surface area (Å²) in [6.07, 6.45) is 1.12. The minimum atomic E-state index is -0.591. The van der Waals surface area contributed by atoms with Gasteiger partial charge in [0, 0.05) is 12.5 Å². The van der Waals surface area contributed by atoms with Gasteiger partial charge in [0.15, 0.2) is 0 Å². The molecule has 1 unspecified atom stereocenters. The maximum Gasteiger partial charge on any atom is 0.333 e. The molecule has 0 amide bonds. The summed E-state index contributed by atoms with van der Waals surface area (Å²) in [4.78, 5) is 11.2. The van der Waals surface area contributed by atoms with Crippen LogP contribution in [0.3, 0.4) is 0 Å². The molecule has 3 nitrogen and oxygen atoms in total. The van der Waals surface area contributed by atoms with E-state index in [1.807, 2.05) is 49.4 Å². The maximum absolute atomic E-state index is 11.2. The Labute approximate surface area is 112 Å². The summed E-state index contributed by atoms with van der Waals surface area (Å²) >= 11 is 0. The van der Waals surface area contributed by atoms with Crippen LogP contribution in [0.15, 0.2) is 55.1 Å². The van der Waals surface area contributed by atoms with Crippen molar-refractivity contribution in [3.63, 3.8) is 0 Å². The van der Waals surface area contributed by atoms with Gasteiger partial charge < -0.3 is 9.47 Å². The first-order valence-electron chi connectivity index (χ1n) is 6.21. The topological polar surface area (TPSA) is 35.5 Å². The van der Waals surface area contributed by atoms with Crippen LogP contribution in [0.1, 0.15) is 13.3 Å². The summed E-state index contributed by atoms with van der Waals surface area (Å²) in [5, 5.41) is 2.23. The van der Waals surface area contributed by atoms with E-state index in [1.165, 1.54) is 0 Å². The lowest BCUT2D eigenvalue weighted by Gasteiger charge is -2.17. The molecule has 0 aliphatic carbocycles. The number of carbonyl (C=O) groups is 1. The molecule has 0 saturated carbocycles. The molecule has 2 aromatic carbocycles. The Kier molecular flexibility index (Phi) is 4.18. The van der Waals surface area contributed by atoms with E-state index in [1.54, 1.807) is 0 Å². The van der Waals surface area contributed by atoms with Crippen molar-refractivity contribution < 1.29 is 14.3 Å². The molecule has 19 heavy (non-hydrogen) atoms. The van der Waals surface area contributed by atoms with Crippen molar-refractivity contribution in [1.82, 2.24) is 0 Å². The highest BCUT2D eigenvalue weighted by Gasteiger charge is 2.12. The first-order chi connectivity index (χ1) is 9.22. The Morgan fingerprint density at radius 3 is 2.68 bits per heavy atom. The lowest BCUT2D eigenvalue weighted by Crippen LogP contribution is -2.22. The molecule has 0 aromatic heterocycles. The number of carbonyl (C=O) groups excluding carboxylic acids is 1. The van der Waals surface area contributed by atoms with E-state index in [9.17, 15) is 4.79 Å². The minimum Gasteiger partial charge on any atom is -0.455 e. The van der Waals surface area contributed by atoms with E-state index in [4.69, 9.17) is 9.47 Å². The van der Waals surface area contributed by atoms with Crippen LogP contribution >= 0.6 is 0 Å². The van der Waals surface area contributed by atoms with Crippen molar-refractivity contribution in [1.29, 1.82) is 0 Å². The van der Waals surface area contributed by atoms with Gasteiger partial charge in [-0.3, -0.25) is 0 Å². The van der Waals surface area contributed by atoms with Gasteiger partial charge in [-0.1, -0.05) is 43.8 Å². The van der Waals surface area contributed by atoms with E-state index in [2.05, 4.69) is 6.58 Å². The molecule has 0 heterocycles. The highest BCUT2D eigenvalue weighted by molar-refractivity contribution is 5.83. The van der Waals surface area contributed by atoms with Gasteiger partial charge in [-0.15, -0.1) is 0 Å². The first kappa shape index (κ1) is 13.1. The standard InChI is InChI=1S/C16H16O3/c1-3-15(17)19-16(4-2)18-14-10-9-12-7-5-6-8-13(12)11-14/h3,5-11,16H,1,4H2,2H3. The van der Waals surface area contributed by atoms with Crippen LogP contribution in [-0.4, -0.2) is 12.3 Å². The zero-order valence-electron chi connectivity index (χ0n) is 10.8. The highest BCUT2D eigenvalue weighted by atomic mass is 16.7. The number of esters is 1. The zero-order chi connectivity index (χ0) is 13.7. The first-order valence-corrected chi connectivity index (χ1v) is 6.21. The summed E-state index contributed by atoms with van der Waals surface area (Å²) in [6, 6.07) is 13.8. The van der Waals surface area contributed by atoms with Crippen LogP contribution in [0.4, 0.5) is 0 Å². The van der Waals surface area contributed by atoms with E-state index in [-0.39, 0.29) is 0 Å². The molecule has 0 saturated heterocycles. The Bertz CT molecular complexity index is 589. The Morgan fingerprint density at radius 2 is 2.00 bits per heavy atom. The predicted octanol–water partition coefficient (Wildman–Crippen LogP) is 3.68. The number of rotatable bonds is 5. The normalized spacial score (nSPS) is 11.8. The average molecular weight is 256 g/mol. The second-order valence-electron chi connectivity index (χ2n) is 4.11. The highest BCUT2D eigenvalue weighted by Crippen LogP contribution is 2.22. The number of ether oxygens (including phenoxy) is 2. The lowest BCUT2D eigenvalue weighted by atomic mass is 10.1. The van der Waals surface area contributed by atoms with Crippen molar-refractivity contribution in [3.05, 3.63) is 55.1 Å². The van der Waals surface area contributed by atoms with Gasteiger partial charge in [0.1, 0.15) is 5.75 Å². The quantitative estimate of drug-likeness (QED) is 0.465. The molecule has 0 fully saturated rings. The van der Waals surface area contributed by atoms with E-state index >= 15 is 0 Å². The molecule has 98 valence electrons. The van der Waals surface area contributed by atoms with Crippen LogP contribution < -0.4 is 4.74 Å². The Morgan fingerprint density at radius 1 is 1.26 bits per heavy atom. The molecule has 0 N–H and O–H groups in total. The summed E-state index contributed by atoms with van der Waals surface area (Å²) < 4.78 is 10.7. The summed E-state index contributed by atoms with van der Waals surface area (Å²) in [5.74, 6) is 0.204. The zero-order valence-corrected chi connectivity index (χ0v) is 10.8. The third-order valence-electron chi connectivity index (χ3n) is 2.74. The monoisotopic (exact) mass is 256 g/mol. The van der Waals surface area contributed by atoms with Gasteiger partial charge in [0.2, 0.25) is 6.29 Å². The second kappa shape index (κ2) is 6.05. The van der Waals surface area contributed by atoms with Crippen molar-refractivity contribution in [2.24, 2.45) is 0 Å². The van der Waals surface area contributed by atoms with Crippen molar-refractivity contribution in [3.8, 4) is 5.75 Å². The second-order valence-corrected chi connectivity index (χ2v) is 4.11. The fraction of sp³-hybridized carbons (Fsp3) is 0.188. The molecule has 0 radical (unpaired) electrons. The largest absolute Gasteiger partial charge is 0.455 e. The van der Waals surface area contributed by atoms with E-state index < -0.39 is 12.3 Å². The number of benzene rings is 2. The molecule has 3 heteroatoms. The molecule has 2 aromatic rings. The average Bonchev–Trinajstić information content (AvgIpc) is 2.46. The summed E-state index contributed by atoms with van der Waals surface area (Å²) in [7, 11) is 0. The van der Waals surface area contributed by atoms with Gasteiger partial charge in [-0.25, -0.2) is 4.79 Å². The Balaban J connectivity index is 2.15. The number of fused-ring (bicyclic) bond motifs is 1. The SMILES string of the molecule is C=CC(=O)OC(CC)Oc1ccc2ccccc2c1. The number of hydrogen-bond donors (Lipinski definition) is 0. The van der Waals surface area contributed by atoms with Gasteiger partial charge in [-0.05, 0) is 22.9 Å². The summed E-state index contributed by atoms with van der Waals surface area (Å²) in [6.45, 7) is 5.26. The molecule has 0 aliphatic heterocycles. The molecule has 1 atom stereocenters. The van der Waals surface area contributed by atoms with Crippen molar-refractivity contribution >= 4 is 16.7 Å². The summed E-state index contributed by atoms with van der Waals surface area (Å²) in [5.41, 5.74) is 0. The minimum absolute atomic E-state index is 0.479. The van der Waals surface area contributed by atoms with Crippen LogP contribution in [0.25, 0.3) is 10.8 Å². The molecular formula is C16H16O3. The van der Waals surface area contributed by atoms with Crippen molar-refractivity contribution in [2.45, 2.75) is 19.6 Å². The van der Waals surface area contributed by atoms with Gasteiger partial charge in [0.25, 0.3) is 0 Å². The number of hydrogen-bond acceptors (Lipinski definition) is 3. The third kappa shape index (κ3) is 3.35.